The van der Waals surface area contributed by atoms with Crippen molar-refractivity contribution in [3.05, 3.63) is 71.4 Å². The highest BCUT2D eigenvalue weighted by atomic mass is 19.1. The van der Waals surface area contributed by atoms with E-state index in [1.54, 1.807) is 36.5 Å². The van der Waals surface area contributed by atoms with Crippen molar-refractivity contribution in [3.8, 4) is 0 Å². The summed E-state index contributed by atoms with van der Waals surface area (Å²) in [6.45, 7) is 0.179. The van der Waals surface area contributed by atoms with Crippen LogP contribution in [0.15, 0.2) is 48.8 Å². The minimum Gasteiger partial charge on any atom is -0.350 e. The molecule has 0 bridgehead atoms. The lowest BCUT2D eigenvalue weighted by Crippen LogP contribution is -2.34. The number of imide groups is 1. The van der Waals surface area contributed by atoms with Crippen LogP contribution in [0.25, 0.3) is 5.65 Å². The fourth-order valence-electron chi connectivity index (χ4n) is 3.04. The normalized spacial score (nSPS) is 13.3. The second-order valence-corrected chi connectivity index (χ2v) is 6.18. The summed E-state index contributed by atoms with van der Waals surface area (Å²) in [5.74, 6) is -1.46. The molecule has 0 radical (unpaired) electrons. The number of halogens is 1. The molecule has 0 saturated heterocycles. The third kappa shape index (κ3) is 3.17. The van der Waals surface area contributed by atoms with Crippen molar-refractivity contribution < 1.29 is 18.8 Å². The molecule has 0 unspecified atom stereocenters. The van der Waals surface area contributed by atoms with Crippen LogP contribution in [0, 0.1) is 5.82 Å². The van der Waals surface area contributed by atoms with Gasteiger partial charge in [-0.25, -0.2) is 9.37 Å². The fourth-order valence-corrected chi connectivity index (χ4v) is 3.04. The van der Waals surface area contributed by atoms with Gasteiger partial charge in [0.15, 0.2) is 0 Å². The number of nitrogens with one attached hydrogen (secondary N) is 1. The number of aromatic nitrogens is 2. The van der Waals surface area contributed by atoms with Crippen LogP contribution in [0.1, 0.15) is 32.8 Å². The number of carbonyl (C=O) groups is 3. The quantitative estimate of drug-likeness (QED) is 0.698. The molecular weight excluding hydrogens is 351 g/mol. The largest absolute Gasteiger partial charge is 0.350 e. The predicted molar refractivity (Wildman–Crippen MR) is 93.4 cm³/mol. The van der Waals surface area contributed by atoms with E-state index in [1.165, 1.54) is 16.7 Å². The number of benzene rings is 1. The second kappa shape index (κ2) is 6.64. The Morgan fingerprint density at radius 3 is 2.44 bits per heavy atom. The maximum absolute atomic E-state index is 13.2. The Hall–Kier alpha value is -3.55. The predicted octanol–water partition coefficient (Wildman–Crippen LogP) is 1.78. The summed E-state index contributed by atoms with van der Waals surface area (Å²) in [6, 6.07) is 9.45. The highest BCUT2D eigenvalue weighted by Crippen LogP contribution is 2.22. The molecule has 0 aliphatic carbocycles. The maximum Gasteiger partial charge on any atom is 0.261 e. The van der Waals surface area contributed by atoms with Crippen LogP contribution in [0.5, 0.6) is 0 Å². The van der Waals surface area contributed by atoms with Crippen LogP contribution < -0.4 is 5.32 Å². The standard InChI is InChI=1S/C19H15FN4O3/c20-12-5-6-16-22-13(11-23(16)10-12)9-21-17(25)7-8-24-18(26)14-3-1-2-4-15(14)19(24)27/h1-6,10-11H,7-9H2,(H,21,25). The molecule has 0 atom stereocenters. The van der Waals surface area contributed by atoms with E-state index in [1.807, 2.05) is 0 Å². The van der Waals surface area contributed by atoms with E-state index in [9.17, 15) is 18.8 Å². The molecule has 1 N–H and O–H groups in total. The molecule has 0 saturated carbocycles. The Morgan fingerprint density at radius 1 is 1.04 bits per heavy atom. The van der Waals surface area contributed by atoms with Gasteiger partial charge in [0.05, 0.1) is 23.4 Å². The van der Waals surface area contributed by atoms with Gasteiger partial charge in [-0.3, -0.25) is 19.3 Å². The van der Waals surface area contributed by atoms with E-state index in [-0.39, 0.29) is 43.0 Å². The van der Waals surface area contributed by atoms with Gasteiger partial charge < -0.3 is 9.72 Å². The first kappa shape index (κ1) is 16.9. The van der Waals surface area contributed by atoms with Crippen molar-refractivity contribution in [1.82, 2.24) is 19.6 Å². The average molecular weight is 366 g/mol. The molecule has 3 aromatic rings. The summed E-state index contributed by atoms with van der Waals surface area (Å²) < 4.78 is 14.7. The number of imidazole rings is 1. The second-order valence-electron chi connectivity index (χ2n) is 6.18. The third-order valence-corrected chi connectivity index (χ3v) is 4.37. The number of hydrogen-bond acceptors (Lipinski definition) is 4. The van der Waals surface area contributed by atoms with Crippen molar-refractivity contribution in [2.24, 2.45) is 0 Å². The molecule has 4 rings (SSSR count). The van der Waals surface area contributed by atoms with Crippen molar-refractivity contribution in [1.29, 1.82) is 0 Å². The molecular formula is C19H15FN4O3. The van der Waals surface area contributed by atoms with Crippen LogP contribution >= 0.6 is 0 Å². The summed E-state index contributed by atoms with van der Waals surface area (Å²) in [7, 11) is 0. The first-order valence-electron chi connectivity index (χ1n) is 8.38. The zero-order valence-electron chi connectivity index (χ0n) is 14.2. The van der Waals surface area contributed by atoms with Gasteiger partial charge in [-0.05, 0) is 24.3 Å². The van der Waals surface area contributed by atoms with E-state index in [0.29, 0.717) is 22.5 Å². The minimum atomic E-state index is -0.384. The van der Waals surface area contributed by atoms with Gasteiger partial charge in [0.1, 0.15) is 11.5 Å². The molecule has 1 aromatic carbocycles. The van der Waals surface area contributed by atoms with Crippen molar-refractivity contribution in [3.63, 3.8) is 0 Å². The molecule has 0 spiro atoms. The zero-order chi connectivity index (χ0) is 19.0. The molecule has 0 fully saturated rings. The topological polar surface area (TPSA) is 83.8 Å². The van der Waals surface area contributed by atoms with Crippen molar-refractivity contribution >= 4 is 23.4 Å². The molecule has 7 nitrogen and oxygen atoms in total. The van der Waals surface area contributed by atoms with Gasteiger partial charge in [-0.2, -0.15) is 0 Å². The van der Waals surface area contributed by atoms with Crippen LogP contribution in [0.2, 0.25) is 0 Å². The lowest BCUT2D eigenvalue weighted by molar-refractivity contribution is -0.121. The van der Waals surface area contributed by atoms with Gasteiger partial charge >= 0.3 is 0 Å². The lowest BCUT2D eigenvalue weighted by Gasteiger charge is -2.13. The summed E-state index contributed by atoms with van der Waals surface area (Å²) in [6.07, 6.45) is 2.92. The number of pyridine rings is 1. The summed E-state index contributed by atoms with van der Waals surface area (Å²) in [5, 5.41) is 2.69. The third-order valence-electron chi connectivity index (χ3n) is 4.37. The average Bonchev–Trinajstić information content (AvgIpc) is 3.17. The molecule has 3 amide bonds. The smallest absolute Gasteiger partial charge is 0.261 e. The van der Waals surface area contributed by atoms with Gasteiger partial charge in [-0.1, -0.05) is 12.1 Å². The number of amides is 3. The summed E-state index contributed by atoms with van der Waals surface area (Å²) >= 11 is 0. The Bertz CT molecular complexity index is 1040. The van der Waals surface area contributed by atoms with Crippen molar-refractivity contribution in [2.75, 3.05) is 6.54 Å². The van der Waals surface area contributed by atoms with Crippen molar-refractivity contribution in [2.45, 2.75) is 13.0 Å². The van der Waals surface area contributed by atoms with E-state index in [2.05, 4.69) is 10.3 Å². The maximum atomic E-state index is 13.2. The fraction of sp³-hybridized carbons (Fsp3) is 0.158. The molecule has 1 aliphatic heterocycles. The molecule has 2 aromatic heterocycles. The first-order chi connectivity index (χ1) is 13.0. The Morgan fingerprint density at radius 2 is 1.74 bits per heavy atom. The van der Waals surface area contributed by atoms with Crippen LogP contribution in [-0.2, 0) is 11.3 Å². The van der Waals surface area contributed by atoms with Crippen LogP contribution in [0.4, 0.5) is 4.39 Å². The number of rotatable bonds is 5. The van der Waals surface area contributed by atoms with Crippen LogP contribution in [-0.4, -0.2) is 38.6 Å². The minimum absolute atomic E-state index is 0.00648. The molecule has 8 heteroatoms. The van der Waals surface area contributed by atoms with E-state index in [4.69, 9.17) is 0 Å². The van der Waals surface area contributed by atoms with E-state index < -0.39 is 0 Å². The molecule has 27 heavy (non-hydrogen) atoms. The first-order valence-corrected chi connectivity index (χ1v) is 8.38. The van der Waals surface area contributed by atoms with Crippen LogP contribution in [0.3, 0.4) is 0 Å². The summed E-state index contributed by atoms with van der Waals surface area (Å²) in [5.41, 5.74) is 1.88. The highest BCUT2D eigenvalue weighted by Gasteiger charge is 2.34. The highest BCUT2D eigenvalue weighted by molar-refractivity contribution is 6.21. The van der Waals surface area contributed by atoms with Gasteiger partial charge in [0, 0.05) is 25.4 Å². The Labute approximate surface area is 153 Å². The Kier molecular flexibility index (Phi) is 4.15. The monoisotopic (exact) mass is 366 g/mol. The van der Waals surface area contributed by atoms with Gasteiger partial charge in [-0.15, -0.1) is 0 Å². The number of carbonyl (C=O) groups excluding carboxylic acids is 3. The SMILES string of the molecule is O=C(CCN1C(=O)c2ccccc2C1=O)NCc1cn2cc(F)ccc2n1. The molecule has 3 heterocycles. The van der Waals surface area contributed by atoms with Gasteiger partial charge in [0.25, 0.3) is 11.8 Å². The molecule has 136 valence electrons. The number of fused-ring (bicyclic) bond motifs is 2. The van der Waals surface area contributed by atoms with E-state index >= 15 is 0 Å². The van der Waals surface area contributed by atoms with E-state index in [0.717, 1.165) is 4.90 Å². The molecule has 1 aliphatic rings. The Balaban J connectivity index is 1.33. The van der Waals surface area contributed by atoms with Gasteiger partial charge in [0.2, 0.25) is 5.91 Å². The zero-order valence-corrected chi connectivity index (χ0v) is 14.2. The summed E-state index contributed by atoms with van der Waals surface area (Å²) in [4.78, 5) is 41.9. The lowest BCUT2D eigenvalue weighted by atomic mass is 10.1. The number of nitrogens with zero attached hydrogens (tertiary/aromatic N) is 3. The number of hydrogen-bond donors (Lipinski definition) is 1.